The van der Waals surface area contributed by atoms with E-state index in [0.29, 0.717) is 22.5 Å². The second-order valence-electron chi connectivity index (χ2n) is 5.78. The highest BCUT2D eigenvalue weighted by Crippen LogP contribution is 2.42. The number of allylic oxidation sites excluding steroid dienone is 1. The summed E-state index contributed by atoms with van der Waals surface area (Å²) in [5, 5.41) is 20.2. The molecule has 1 aliphatic carbocycles. The molecule has 10 heteroatoms. The Hall–Kier alpha value is -2.20. The van der Waals surface area contributed by atoms with Crippen LogP contribution in [-0.2, 0) is 16.4 Å². The number of aromatic nitrogens is 3. The molecule has 1 fully saturated rings. The lowest BCUT2D eigenvalue weighted by Gasteiger charge is -2.08. The highest BCUT2D eigenvalue weighted by Gasteiger charge is 2.31. The Kier molecular flexibility index (Phi) is 4.65. The summed E-state index contributed by atoms with van der Waals surface area (Å²) >= 11 is 1.10. The van der Waals surface area contributed by atoms with E-state index in [1.807, 2.05) is 4.57 Å². The van der Waals surface area contributed by atoms with E-state index in [4.69, 9.17) is 0 Å². The smallest absolute Gasteiger partial charge is 0.284 e. The summed E-state index contributed by atoms with van der Waals surface area (Å²) in [5.41, 5.74) is -0.269. The molecule has 2 aromatic rings. The molecule has 0 N–H and O–H groups in total. The molecule has 0 unspecified atom stereocenters. The fourth-order valence-electron chi connectivity index (χ4n) is 2.37. The lowest BCUT2D eigenvalue weighted by Crippen LogP contribution is -2.03. The van der Waals surface area contributed by atoms with Crippen LogP contribution in [0.15, 0.2) is 45.8 Å². The van der Waals surface area contributed by atoms with Gasteiger partial charge < -0.3 is 4.57 Å². The van der Waals surface area contributed by atoms with Crippen molar-refractivity contribution in [2.75, 3.05) is 6.26 Å². The van der Waals surface area contributed by atoms with Crippen LogP contribution in [0.4, 0.5) is 5.69 Å². The highest BCUT2D eigenvalue weighted by atomic mass is 32.2. The van der Waals surface area contributed by atoms with Gasteiger partial charge in [-0.1, -0.05) is 6.08 Å². The van der Waals surface area contributed by atoms with E-state index in [-0.39, 0.29) is 10.6 Å². The first kappa shape index (κ1) is 17.6. The standard InChI is InChI=1S/C15H16N4O4S2/c1-3-8-18-14(10-4-5-10)16-17-15(18)24-13-7-6-11(25(2,22)23)9-12(13)19(20)21/h3,6-7,9-10H,1,4-5,8H2,2H3. The van der Waals surface area contributed by atoms with E-state index in [1.165, 1.54) is 12.1 Å². The molecular formula is C15H16N4O4S2. The Balaban J connectivity index is 2.00. The van der Waals surface area contributed by atoms with Gasteiger partial charge in [0.25, 0.3) is 5.69 Å². The Morgan fingerprint density at radius 1 is 1.44 bits per heavy atom. The lowest BCUT2D eigenvalue weighted by atomic mass is 10.3. The average Bonchev–Trinajstić information content (AvgIpc) is 3.31. The Morgan fingerprint density at radius 3 is 2.72 bits per heavy atom. The molecule has 0 aliphatic heterocycles. The van der Waals surface area contributed by atoms with Crippen LogP contribution in [0.25, 0.3) is 0 Å². The van der Waals surface area contributed by atoms with E-state index in [9.17, 15) is 18.5 Å². The van der Waals surface area contributed by atoms with Crippen LogP contribution in [0.5, 0.6) is 0 Å². The van der Waals surface area contributed by atoms with Crippen LogP contribution in [0.3, 0.4) is 0 Å². The number of sulfone groups is 1. The third-order valence-corrected chi connectivity index (χ3v) is 5.92. The van der Waals surface area contributed by atoms with Gasteiger partial charge in [0.1, 0.15) is 5.82 Å². The number of hydrogen-bond acceptors (Lipinski definition) is 7. The van der Waals surface area contributed by atoms with Gasteiger partial charge >= 0.3 is 0 Å². The van der Waals surface area contributed by atoms with Gasteiger partial charge in [0.2, 0.25) is 0 Å². The van der Waals surface area contributed by atoms with Crippen LogP contribution in [-0.4, -0.2) is 34.4 Å². The van der Waals surface area contributed by atoms with Gasteiger partial charge in [0.15, 0.2) is 15.0 Å². The van der Waals surface area contributed by atoms with E-state index in [0.717, 1.165) is 42.8 Å². The number of benzene rings is 1. The van der Waals surface area contributed by atoms with Crippen molar-refractivity contribution in [2.24, 2.45) is 0 Å². The van der Waals surface area contributed by atoms with Crippen molar-refractivity contribution in [2.45, 2.75) is 40.3 Å². The quantitative estimate of drug-likeness (QED) is 0.413. The summed E-state index contributed by atoms with van der Waals surface area (Å²) in [6.45, 7) is 4.24. The molecule has 1 aliphatic rings. The summed E-state index contributed by atoms with van der Waals surface area (Å²) < 4.78 is 25.2. The Morgan fingerprint density at radius 2 is 2.16 bits per heavy atom. The van der Waals surface area contributed by atoms with Crippen molar-refractivity contribution in [1.29, 1.82) is 0 Å². The van der Waals surface area contributed by atoms with Crippen LogP contribution in [0.1, 0.15) is 24.6 Å². The molecule has 1 aromatic carbocycles. The number of hydrogen-bond donors (Lipinski definition) is 0. The number of nitro groups is 1. The zero-order valence-corrected chi connectivity index (χ0v) is 15.1. The fraction of sp³-hybridized carbons (Fsp3) is 0.333. The molecule has 0 saturated heterocycles. The van der Waals surface area contributed by atoms with Gasteiger partial charge in [-0.05, 0) is 36.7 Å². The van der Waals surface area contributed by atoms with Gasteiger partial charge in [-0.3, -0.25) is 10.1 Å². The molecule has 1 heterocycles. The van der Waals surface area contributed by atoms with Crippen molar-refractivity contribution in [3.8, 4) is 0 Å². The molecular weight excluding hydrogens is 364 g/mol. The van der Waals surface area contributed by atoms with E-state index in [1.54, 1.807) is 6.08 Å². The molecule has 0 spiro atoms. The predicted molar refractivity (Wildman–Crippen MR) is 92.5 cm³/mol. The SMILES string of the molecule is C=CCn1c(Sc2ccc(S(C)(=O)=O)cc2[N+](=O)[O-])nnc1C1CC1. The van der Waals surface area contributed by atoms with Gasteiger partial charge in [-0.2, -0.15) is 0 Å². The van der Waals surface area contributed by atoms with Gasteiger partial charge in [-0.15, -0.1) is 16.8 Å². The van der Waals surface area contributed by atoms with Gasteiger partial charge in [0, 0.05) is 24.8 Å². The monoisotopic (exact) mass is 380 g/mol. The summed E-state index contributed by atoms with van der Waals surface area (Å²) in [4.78, 5) is 11.0. The van der Waals surface area contributed by atoms with Crippen molar-refractivity contribution in [1.82, 2.24) is 14.8 Å². The third-order valence-electron chi connectivity index (χ3n) is 3.76. The van der Waals surface area contributed by atoms with E-state index in [2.05, 4.69) is 16.8 Å². The normalized spacial score (nSPS) is 14.4. The summed E-state index contributed by atoms with van der Waals surface area (Å²) in [6, 6.07) is 3.87. The van der Waals surface area contributed by atoms with Gasteiger partial charge in [0.05, 0.1) is 14.7 Å². The van der Waals surface area contributed by atoms with Crippen LogP contribution in [0.2, 0.25) is 0 Å². The molecule has 25 heavy (non-hydrogen) atoms. The minimum Gasteiger partial charge on any atom is -0.302 e. The number of nitrogens with zero attached hydrogens (tertiary/aromatic N) is 4. The molecule has 0 atom stereocenters. The first-order valence-corrected chi connectivity index (χ1v) is 10.2. The molecule has 0 radical (unpaired) electrons. The van der Waals surface area contributed by atoms with Crippen molar-refractivity contribution >= 4 is 27.3 Å². The molecule has 1 aromatic heterocycles. The second kappa shape index (κ2) is 6.60. The zero-order valence-electron chi connectivity index (χ0n) is 13.5. The first-order chi connectivity index (χ1) is 11.8. The Labute approximate surface area is 149 Å². The summed E-state index contributed by atoms with van der Waals surface area (Å²) in [6.07, 6.45) is 4.86. The molecule has 8 nitrogen and oxygen atoms in total. The van der Waals surface area contributed by atoms with E-state index < -0.39 is 14.8 Å². The Bertz CT molecular complexity index is 948. The molecule has 0 bridgehead atoms. The van der Waals surface area contributed by atoms with Crippen LogP contribution in [0, 0.1) is 10.1 Å². The van der Waals surface area contributed by atoms with Crippen LogP contribution < -0.4 is 0 Å². The largest absolute Gasteiger partial charge is 0.302 e. The van der Waals surface area contributed by atoms with Crippen molar-refractivity contribution in [3.05, 3.63) is 46.8 Å². The fourth-order valence-corrected chi connectivity index (χ4v) is 3.95. The zero-order chi connectivity index (χ0) is 18.2. The second-order valence-corrected chi connectivity index (χ2v) is 8.80. The van der Waals surface area contributed by atoms with Crippen molar-refractivity contribution in [3.63, 3.8) is 0 Å². The van der Waals surface area contributed by atoms with E-state index >= 15 is 0 Å². The predicted octanol–water partition coefficient (Wildman–Crippen LogP) is 2.80. The van der Waals surface area contributed by atoms with Crippen LogP contribution >= 0.6 is 11.8 Å². The average molecular weight is 380 g/mol. The maximum absolute atomic E-state index is 11.6. The molecule has 0 amide bonds. The first-order valence-electron chi connectivity index (χ1n) is 7.51. The minimum atomic E-state index is -3.52. The molecule has 3 rings (SSSR count). The summed E-state index contributed by atoms with van der Waals surface area (Å²) in [5.74, 6) is 1.24. The lowest BCUT2D eigenvalue weighted by molar-refractivity contribution is -0.388. The highest BCUT2D eigenvalue weighted by molar-refractivity contribution is 7.99. The number of nitro benzene ring substituents is 1. The molecule has 1 saturated carbocycles. The summed E-state index contributed by atoms with van der Waals surface area (Å²) in [7, 11) is -3.52. The maximum Gasteiger partial charge on any atom is 0.284 e. The minimum absolute atomic E-state index is 0.0882. The maximum atomic E-state index is 11.6. The number of rotatable bonds is 7. The van der Waals surface area contributed by atoms with Gasteiger partial charge in [-0.25, -0.2) is 8.42 Å². The molecule has 132 valence electrons. The van der Waals surface area contributed by atoms with Crippen molar-refractivity contribution < 1.29 is 13.3 Å². The third kappa shape index (κ3) is 3.74. The topological polar surface area (TPSA) is 108 Å².